The summed E-state index contributed by atoms with van der Waals surface area (Å²) in [6.07, 6.45) is 2.89. The first-order valence-electron chi connectivity index (χ1n) is 6.32. The molecule has 0 N–H and O–H groups in total. The van der Waals surface area contributed by atoms with E-state index in [0.717, 1.165) is 11.8 Å². The van der Waals surface area contributed by atoms with E-state index in [1.807, 2.05) is 11.8 Å². The fourth-order valence-electron chi connectivity index (χ4n) is 3.00. The molecule has 3 aliphatic rings. The molecule has 1 atom stereocenters. The van der Waals surface area contributed by atoms with Gasteiger partial charge in [-0.2, -0.15) is 0 Å². The van der Waals surface area contributed by atoms with Crippen molar-refractivity contribution in [3.63, 3.8) is 0 Å². The van der Waals surface area contributed by atoms with E-state index in [9.17, 15) is 0 Å². The van der Waals surface area contributed by atoms with Crippen LogP contribution in [0.25, 0.3) is 0 Å². The molecule has 0 amide bonds. The smallest absolute Gasteiger partial charge is 0.00720 e. The van der Waals surface area contributed by atoms with Gasteiger partial charge in [-0.25, -0.2) is 0 Å². The van der Waals surface area contributed by atoms with Crippen LogP contribution in [0.2, 0.25) is 0 Å². The van der Waals surface area contributed by atoms with Crippen LogP contribution in [0.15, 0.2) is 35.2 Å². The summed E-state index contributed by atoms with van der Waals surface area (Å²) in [6.45, 7) is 4.07. The van der Waals surface area contributed by atoms with Crippen molar-refractivity contribution in [1.29, 1.82) is 0 Å². The summed E-state index contributed by atoms with van der Waals surface area (Å²) in [5.74, 6) is 3.26. The van der Waals surface area contributed by atoms with Crippen molar-refractivity contribution < 1.29 is 0 Å². The molecule has 0 radical (unpaired) electrons. The monoisotopic (exact) mass is 233 g/mol. The van der Waals surface area contributed by atoms with Crippen LogP contribution in [0.3, 0.4) is 0 Å². The van der Waals surface area contributed by atoms with Crippen LogP contribution in [0.5, 0.6) is 0 Å². The van der Waals surface area contributed by atoms with Gasteiger partial charge < -0.3 is 4.90 Å². The highest BCUT2D eigenvalue weighted by Crippen LogP contribution is 2.35. The predicted molar refractivity (Wildman–Crippen MR) is 69.8 cm³/mol. The van der Waals surface area contributed by atoms with Gasteiger partial charge in [-0.05, 0) is 49.9 Å². The quantitative estimate of drug-likeness (QED) is 0.738. The van der Waals surface area contributed by atoms with E-state index in [-0.39, 0.29) is 0 Å². The number of piperidine rings is 3. The maximum Gasteiger partial charge on any atom is 0.00720 e. The third kappa shape index (κ3) is 2.28. The van der Waals surface area contributed by atoms with Gasteiger partial charge >= 0.3 is 0 Å². The molecule has 1 aromatic rings. The van der Waals surface area contributed by atoms with Crippen LogP contribution in [-0.2, 0) is 0 Å². The van der Waals surface area contributed by atoms with Crippen LogP contribution in [0.1, 0.15) is 12.8 Å². The number of fused-ring (bicyclic) bond motifs is 3. The van der Waals surface area contributed by atoms with Gasteiger partial charge in [0.05, 0.1) is 0 Å². The molecule has 1 nitrogen and oxygen atoms in total. The Labute approximate surface area is 102 Å². The maximum atomic E-state index is 2.65. The predicted octanol–water partition coefficient (Wildman–Crippen LogP) is 3.12. The molecule has 4 rings (SSSR count). The Hall–Kier alpha value is -0.470. The van der Waals surface area contributed by atoms with Crippen LogP contribution in [0, 0.1) is 11.8 Å². The Morgan fingerprint density at radius 1 is 1.12 bits per heavy atom. The number of benzene rings is 1. The molecule has 3 heterocycles. The summed E-state index contributed by atoms with van der Waals surface area (Å²) in [5.41, 5.74) is 0. The number of rotatable bonds is 3. The Morgan fingerprint density at radius 3 is 2.50 bits per heavy atom. The Balaban J connectivity index is 1.56. The summed E-state index contributed by atoms with van der Waals surface area (Å²) >= 11 is 2.04. The van der Waals surface area contributed by atoms with E-state index >= 15 is 0 Å². The van der Waals surface area contributed by atoms with Crippen molar-refractivity contribution in [2.75, 3.05) is 25.4 Å². The molecular formula is C14H19NS. The van der Waals surface area contributed by atoms with Gasteiger partial charge in [-0.3, -0.25) is 0 Å². The molecule has 0 aromatic heterocycles. The largest absolute Gasteiger partial charge is 0.303 e. The van der Waals surface area contributed by atoms with Gasteiger partial charge in [0.1, 0.15) is 0 Å². The van der Waals surface area contributed by atoms with Crippen LogP contribution >= 0.6 is 11.8 Å². The zero-order valence-electron chi connectivity index (χ0n) is 9.64. The molecule has 3 saturated heterocycles. The highest BCUT2D eigenvalue weighted by Gasteiger charge is 2.33. The minimum Gasteiger partial charge on any atom is -0.303 e. The molecule has 2 heteroatoms. The number of hydrogen-bond acceptors (Lipinski definition) is 2. The summed E-state index contributed by atoms with van der Waals surface area (Å²) in [6, 6.07) is 10.8. The van der Waals surface area contributed by atoms with E-state index in [0.29, 0.717) is 0 Å². The van der Waals surface area contributed by atoms with Crippen LogP contribution in [-0.4, -0.2) is 30.3 Å². The van der Waals surface area contributed by atoms with E-state index in [4.69, 9.17) is 0 Å². The molecule has 3 aliphatic heterocycles. The third-order valence-corrected chi connectivity index (χ3v) is 5.20. The maximum absolute atomic E-state index is 2.65. The number of hydrogen-bond donors (Lipinski definition) is 0. The zero-order valence-corrected chi connectivity index (χ0v) is 10.5. The number of nitrogens with zero attached hydrogens (tertiary/aromatic N) is 1. The fraction of sp³-hybridized carbons (Fsp3) is 0.571. The molecule has 0 aliphatic carbocycles. The molecule has 0 spiro atoms. The summed E-state index contributed by atoms with van der Waals surface area (Å²) < 4.78 is 0. The van der Waals surface area contributed by atoms with E-state index < -0.39 is 0 Å². The molecule has 0 unspecified atom stereocenters. The van der Waals surface area contributed by atoms with E-state index in [1.54, 1.807) is 0 Å². The van der Waals surface area contributed by atoms with E-state index in [1.165, 1.54) is 43.1 Å². The van der Waals surface area contributed by atoms with Crippen LogP contribution < -0.4 is 0 Å². The Kier molecular flexibility index (Phi) is 3.20. The summed E-state index contributed by atoms with van der Waals surface area (Å²) in [5, 5.41) is 0. The molecule has 2 bridgehead atoms. The summed E-state index contributed by atoms with van der Waals surface area (Å²) in [4.78, 5) is 4.08. The first-order valence-corrected chi connectivity index (χ1v) is 7.30. The first kappa shape index (κ1) is 10.7. The second kappa shape index (κ2) is 4.80. The molecule has 16 heavy (non-hydrogen) atoms. The van der Waals surface area contributed by atoms with Crippen LogP contribution in [0.4, 0.5) is 0 Å². The lowest BCUT2D eigenvalue weighted by Gasteiger charge is -2.44. The summed E-state index contributed by atoms with van der Waals surface area (Å²) in [7, 11) is 0. The van der Waals surface area contributed by atoms with Crippen molar-refractivity contribution in [3.05, 3.63) is 30.3 Å². The second-order valence-corrected chi connectivity index (χ2v) is 6.12. The van der Waals surface area contributed by atoms with Gasteiger partial charge in [0, 0.05) is 17.2 Å². The normalized spacial score (nSPS) is 32.9. The molecule has 3 fully saturated rings. The van der Waals surface area contributed by atoms with E-state index in [2.05, 4.69) is 35.2 Å². The average molecular weight is 233 g/mol. The van der Waals surface area contributed by atoms with Gasteiger partial charge in [-0.15, -0.1) is 11.8 Å². The lowest BCUT2D eigenvalue weighted by atomic mass is 9.80. The Bertz CT molecular complexity index is 330. The van der Waals surface area contributed by atoms with Crippen molar-refractivity contribution in [1.82, 2.24) is 4.90 Å². The molecular weight excluding hydrogens is 214 g/mol. The standard InChI is InChI=1S/C14H19NS/c1-2-4-14(5-3-1)16-11-13-10-15-8-6-12(13)7-9-15/h1-5,12-13H,6-11H2/t13-/m1/s1. The van der Waals surface area contributed by atoms with Gasteiger partial charge in [-0.1, -0.05) is 18.2 Å². The molecule has 86 valence electrons. The lowest BCUT2D eigenvalue weighted by molar-refractivity contribution is 0.0626. The first-order chi connectivity index (χ1) is 7.92. The fourth-order valence-corrected chi connectivity index (χ4v) is 4.13. The van der Waals surface area contributed by atoms with Gasteiger partial charge in [0.2, 0.25) is 0 Å². The lowest BCUT2D eigenvalue weighted by Crippen LogP contribution is -2.48. The minimum absolute atomic E-state index is 0.938. The van der Waals surface area contributed by atoms with Crippen molar-refractivity contribution in [3.8, 4) is 0 Å². The Morgan fingerprint density at radius 2 is 1.88 bits per heavy atom. The number of thioether (sulfide) groups is 1. The van der Waals surface area contributed by atoms with Crippen molar-refractivity contribution in [2.45, 2.75) is 17.7 Å². The topological polar surface area (TPSA) is 3.24 Å². The van der Waals surface area contributed by atoms with Gasteiger partial charge in [0.15, 0.2) is 0 Å². The third-order valence-electron chi connectivity index (χ3n) is 4.00. The van der Waals surface area contributed by atoms with Crippen molar-refractivity contribution in [2.24, 2.45) is 11.8 Å². The van der Waals surface area contributed by atoms with Crippen molar-refractivity contribution >= 4 is 11.8 Å². The highest BCUT2D eigenvalue weighted by atomic mass is 32.2. The SMILES string of the molecule is c1ccc(SC[C@H]2CN3CCC2CC3)cc1. The highest BCUT2D eigenvalue weighted by molar-refractivity contribution is 7.99. The average Bonchev–Trinajstić information content (AvgIpc) is 2.39. The second-order valence-electron chi connectivity index (χ2n) is 5.02. The molecule has 0 saturated carbocycles. The minimum atomic E-state index is 0.938. The van der Waals surface area contributed by atoms with Gasteiger partial charge in [0.25, 0.3) is 0 Å². The molecule has 1 aromatic carbocycles. The zero-order chi connectivity index (χ0) is 10.8.